The van der Waals surface area contributed by atoms with Crippen LogP contribution in [0.25, 0.3) is 0 Å². The van der Waals surface area contributed by atoms with Crippen LogP contribution in [0.4, 0.5) is 0 Å². The van der Waals surface area contributed by atoms with Crippen LogP contribution in [0, 0.1) is 0 Å². The molecule has 1 atom stereocenters. The van der Waals surface area contributed by atoms with E-state index in [0.717, 1.165) is 6.42 Å². The summed E-state index contributed by atoms with van der Waals surface area (Å²) in [5, 5.41) is 9.33. The van der Waals surface area contributed by atoms with Crippen LogP contribution in [0.5, 0.6) is 0 Å². The quantitative estimate of drug-likeness (QED) is 0.701. The first-order chi connectivity index (χ1) is 5.72. The van der Waals surface area contributed by atoms with E-state index in [9.17, 15) is 5.11 Å². The van der Waals surface area contributed by atoms with E-state index in [1.165, 1.54) is 0 Å². The summed E-state index contributed by atoms with van der Waals surface area (Å²) in [6, 6.07) is 0. The number of aliphatic hydroxyl groups is 1. The molecule has 1 rings (SSSR count). The van der Waals surface area contributed by atoms with E-state index in [1.807, 2.05) is 19.1 Å². The first-order valence-corrected chi connectivity index (χ1v) is 4.44. The molecular formula is C10H16O2. The molecule has 0 aliphatic heterocycles. The van der Waals surface area contributed by atoms with Gasteiger partial charge in [-0.05, 0) is 19.4 Å². The van der Waals surface area contributed by atoms with E-state index >= 15 is 0 Å². The molecule has 0 amide bonds. The van der Waals surface area contributed by atoms with Crippen molar-refractivity contribution in [2.45, 2.75) is 32.3 Å². The average Bonchev–Trinajstić information content (AvgIpc) is 2.05. The van der Waals surface area contributed by atoms with Gasteiger partial charge in [-0.3, -0.25) is 0 Å². The molecule has 0 bridgehead atoms. The van der Waals surface area contributed by atoms with E-state index in [1.54, 1.807) is 6.08 Å². The molecule has 1 N–H and O–H groups in total. The summed E-state index contributed by atoms with van der Waals surface area (Å²) < 4.78 is 5.60. The van der Waals surface area contributed by atoms with Crippen LogP contribution in [-0.4, -0.2) is 17.3 Å². The maximum absolute atomic E-state index is 9.33. The predicted octanol–water partition coefficient (Wildman–Crippen LogP) is 2.57. The normalized spacial score (nSPS) is 28.7. The molecule has 1 aliphatic carbocycles. The second-order valence-corrected chi connectivity index (χ2v) is 3.05. The molecule has 0 aromatic heterocycles. The lowest BCUT2D eigenvalue weighted by Gasteiger charge is -2.30. The van der Waals surface area contributed by atoms with Crippen molar-refractivity contribution in [2.24, 2.45) is 0 Å². The van der Waals surface area contributed by atoms with Crippen molar-refractivity contribution >= 4 is 0 Å². The second kappa shape index (κ2) is 3.76. The van der Waals surface area contributed by atoms with Crippen molar-refractivity contribution in [3.8, 4) is 0 Å². The fourth-order valence-electron chi connectivity index (χ4n) is 1.49. The summed E-state index contributed by atoms with van der Waals surface area (Å²) in [6.07, 6.45) is 7.10. The lowest BCUT2D eigenvalue weighted by molar-refractivity contribution is -0.0110. The zero-order valence-electron chi connectivity index (χ0n) is 7.71. The molecule has 0 fully saturated rings. The van der Waals surface area contributed by atoms with Gasteiger partial charge in [-0.15, -0.1) is 0 Å². The lowest BCUT2D eigenvalue weighted by atomic mass is 9.91. The Morgan fingerprint density at radius 1 is 1.58 bits per heavy atom. The van der Waals surface area contributed by atoms with E-state index < -0.39 is 0 Å². The Morgan fingerprint density at radius 2 is 2.33 bits per heavy atom. The topological polar surface area (TPSA) is 29.5 Å². The Kier molecular flexibility index (Phi) is 2.93. The minimum atomic E-state index is -0.256. The summed E-state index contributed by atoms with van der Waals surface area (Å²) >= 11 is 0. The van der Waals surface area contributed by atoms with E-state index in [2.05, 4.69) is 6.92 Å². The number of hydrogen-bond acceptors (Lipinski definition) is 2. The van der Waals surface area contributed by atoms with Gasteiger partial charge < -0.3 is 9.84 Å². The average molecular weight is 168 g/mol. The standard InChI is InChI=1S/C10H16O2/c1-3-10(12-4-2)7-5-6-9(11)8-10/h5-7,11H,3-4,8H2,1-2H3. The summed E-state index contributed by atoms with van der Waals surface area (Å²) in [7, 11) is 0. The number of rotatable bonds is 3. The molecule has 68 valence electrons. The first kappa shape index (κ1) is 9.33. The molecule has 2 heteroatoms. The highest BCUT2D eigenvalue weighted by Crippen LogP contribution is 2.28. The SMILES string of the molecule is CCOC1(CC)C=CC=C(O)C1. The highest BCUT2D eigenvalue weighted by molar-refractivity contribution is 5.21. The molecule has 1 aliphatic rings. The van der Waals surface area contributed by atoms with Gasteiger partial charge in [0.25, 0.3) is 0 Å². The molecule has 0 spiro atoms. The van der Waals surface area contributed by atoms with Crippen LogP contribution in [-0.2, 0) is 4.74 Å². The van der Waals surface area contributed by atoms with Crippen molar-refractivity contribution in [3.63, 3.8) is 0 Å². The molecule has 2 nitrogen and oxygen atoms in total. The minimum absolute atomic E-state index is 0.256. The monoisotopic (exact) mass is 168 g/mol. The predicted molar refractivity (Wildman–Crippen MR) is 49.1 cm³/mol. The third kappa shape index (κ3) is 1.89. The first-order valence-electron chi connectivity index (χ1n) is 4.44. The van der Waals surface area contributed by atoms with Gasteiger partial charge in [-0.1, -0.05) is 19.1 Å². The number of hydrogen-bond donors (Lipinski definition) is 1. The summed E-state index contributed by atoms with van der Waals surface area (Å²) in [4.78, 5) is 0. The van der Waals surface area contributed by atoms with Gasteiger partial charge in [-0.2, -0.15) is 0 Å². The summed E-state index contributed by atoms with van der Waals surface area (Å²) in [5.41, 5.74) is -0.256. The zero-order valence-corrected chi connectivity index (χ0v) is 7.71. The molecule has 0 heterocycles. The maximum Gasteiger partial charge on any atom is 0.0954 e. The summed E-state index contributed by atoms with van der Waals surface area (Å²) in [5.74, 6) is 0.410. The molecule has 0 saturated carbocycles. The van der Waals surface area contributed by atoms with Crippen molar-refractivity contribution in [2.75, 3.05) is 6.61 Å². The summed E-state index contributed by atoms with van der Waals surface area (Å²) in [6.45, 7) is 4.73. The van der Waals surface area contributed by atoms with Crippen molar-refractivity contribution < 1.29 is 9.84 Å². The Morgan fingerprint density at radius 3 is 2.83 bits per heavy atom. The molecule has 0 radical (unpaired) electrons. The highest BCUT2D eigenvalue weighted by atomic mass is 16.5. The number of allylic oxidation sites excluding steroid dienone is 2. The molecule has 0 aromatic carbocycles. The van der Waals surface area contributed by atoms with Crippen molar-refractivity contribution in [1.29, 1.82) is 0 Å². The molecule has 0 aromatic rings. The van der Waals surface area contributed by atoms with Gasteiger partial charge in [0.1, 0.15) is 0 Å². The van der Waals surface area contributed by atoms with Gasteiger partial charge in [-0.25, -0.2) is 0 Å². The van der Waals surface area contributed by atoms with Gasteiger partial charge in [0.05, 0.1) is 11.4 Å². The number of aliphatic hydroxyl groups excluding tert-OH is 1. The van der Waals surface area contributed by atoms with Gasteiger partial charge in [0.15, 0.2) is 0 Å². The fourth-order valence-corrected chi connectivity index (χ4v) is 1.49. The largest absolute Gasteiger partial charge is 0.512 e. The van der Waals surface area contributed by atoms with Crippen LogP contribution in [0.2, 0.25) is 0 Å². The van der Waals surface area contributed by atoms with Gasteiger partial charge in [0.2, 0.25) is 0 Å². The van der Waals surface area contributed by atoms with E-state index in [0.29, 0.717) is 18.8 Å². The zero-order chi connectivity index (χ0) is 9.03. The van der Waals surface area contributed by atoms with E-state index in [4.69, 9.17) is 4.74 Å². The van der Waals surface area contributed by atoms with Crippen molar-refractivity contribution in [3.05, 3.63) is 24.0 Å². The Balaban J connectivity index is 2.70. The van der Waals surface area contributed by atoms with Gasteiger partial charge >= 0.3 is 0 Å². The van der Waals surface area contributed by atoms with Crippen LogP contribution >= 0.6 is 0 Å². The Hall–Kier alpha value is -0.760. The lowest BCUT2D eigenvalue weighted by Crippen LogP contribution is -2.31. The van der Waals surface area contributed by atoms with Crippen LogP contribution in [0.1, 0.15) is 26.7 Å². The third-order valence-electron chi connectivity index (χ3n) is 2.20. The third-order valence-corrected chi connectivity index (χ3v) is 2.20. The fraction of sp³-hybridized carbons (Fsp3) is 0.600. The van der Waals surface area contributed by atoms with Crippen LogP contribution < -0.4 is 0 Å². The highest BCUT2D eigenvalue weighted by Gasteiger charge is 2.28. The molecule has 0 saturated heterocycles. The van der Waals surface area contributed by atoms with Crippen LogP contribution in [0.15, 0.2) is 24.0 Å². The smallest absolute Gasteiger partial charge is 0.0954 e. The maximum atomic E-state index is 9.33. The molecule has 1 unspecified atom stereocenters. The molecule has 12 heavy (non-hydrogen) atoms. The number of ether oxygens (including phenoxy) is 1. The van der Waals surface area contributed by atoms with Gasteiger partial charge in [0, 0.05) is 13.0 Å². The minimum Gasteiger partial charge on any atom is -0.512 e. The van der Waals surface area contributed by atoms with Crippen LogP contribution in [0.3, 0.4) is 0 Å². The molecular weight excluding hydrogens is 152 g/mol. The second-order valence-electron chi connectivity index (χ2n) is 3.05. The van der Waals surface area contributed by atoms with Crippen molar-refractivity contribution in [1.82, 2.24) is 0 Å². The van der Waals surface area contributed by atoms with E-state index in [-0.39, 0.29) is 5.60 Å². The Bertz CT molecular complexity index is 206. The Labute approximate surface area is 73.5 Å².